The Bertz CT molecular complexity index is 1580. The van der Waals surface area contributed by atoms with E-state index in [0.29, 0.717) is 40.4 Å². The standard InChI is InChI=1S/C28H32O9S2/c1-18(2)14-15-35-24-13-10-21(16-19(24)3)26-25(33-4)17-23(27(34-5)28(26)37-39(7,31)32)20-8-11-22(12-9-20)36-38(6,29)30/h8-14,16-17H,15H2,1-7H3. The summed E-state index contributed by atoms with van der Waals surface area (Å²) in [5, 5.41) is 0. The topological polar surface area (TPSA) is 114 Å². The molecule has 3 aromatic rings. The van der Waals surface area contributed by atoms with E-state index in [9.17, 15) is 16.8 Å². The van der Waals surface area contributed by atoms with Crippen LogP contribution in [0.25, 0.3) is 22.3 Å². The van der Waals surface area contributed by atoms with E-state index in [1.54, 1.807) is 30.3 Å². The predicted octanol–water partition coefficient (Wildman–Crippen LogP) is 5.37. The summed E-state index contributed by atoms with van der Waals surface area (Å²) in [6, 6.07) is 13.3. The van der Waals surface area contributed by atoms with Gasteiger partial charge >= 0.3 is 20.2 Å². The lowest BCUT2D eigenvalue weighted by Gasteiger charge is -2.21. The van der Waals surface area contributed by atoms with E-state index in [0.717, 1.165) is 23.6 Å². The van der Waals surface area contributed by atoms with E-state index in [2.05, 4.69) is 0 Å². The van der Waals surface area contributed by atoms with E-state index >= 15 is 0 Å². The highest BCUT2D eigenvalue weighted by Crippen LogP contribution is 2.51. The van der Waals surface area contributed by atoms with Crippen molar-refractivity contribution in [3.8, 4) is 51.0 Å². The van der Waals surface area contributed by atoms with Gasteiger partial charge in [-0.1, -0.05) is 23.8 Å². The van der Waals surface area contributed by atoms with Crippen LogP contribution in [0.4, 0.5) is 0 Å². The van der Waals surface area contributed by atoms with Crippen LogP contribution in [0.2, 0.25) is 0 Å². The SMILES string of the molecule is COc1cc(-c2ccc(OS(C)(=O)=O)cc2)c(OC)c(OS(C)(=O)=O)c1-c1ccc(OCC=C(C)C)c(C)c1. The average molecular weight is 577 g/mol. The van der Waals surface area contributed by atoms with Gasteiger partial charge in [0.1, 0.15) is 23.9 Å². The van der Waals surface area contributed by atoms with E-state index in [4.69, 9.17) is 22.6 Å². The van der Waals surface area contributed by atoms with Crippen molar-refractivity contribution in [2.75, 3.05) is 33.3 Å². The Hall–Kier alpha value is -3.70. The molecule has 0 saturated carbocycles. The van der Waals surface area contributed by atoms with Crippen LogP contribution in [-0.2, 0) is 20.2 Å². The van der Waals surface area contributed by atoms with Crippen molar-refractivity contribution >= 4 is 20.2 Å². The second-order valence-corrected chi connectivity index (χ2v) is 12.2. The smallest absolute Gasteiger partial charge is 0.306 e. The molecule has 11 heteroatoms. The summed E-state index contributed by atoms with van der Waals surface area (Å²) >= 11 is 0. The summed E-state index contributed by atoms with van der Waals surface area (Å²) in [5.74, 6) is 1.23. The number of benzene rings is 3. The molecular weight excluding hydrogens is 544 g/mol. The number of methoxy groups -OCH3 is 2. The number of allylic oxidation sites excluding steroid dienone is 1. The van der Waals surface area contributed by atoms with Gasteiger partial charge in [0, 0.05) is 5.56 Å². The lowest BCUT2D eigenvalue weighted by atomic mass is 9.95. The summed E-state index contributed by atoms with van der Waals surface area (Å²) < 4.78 is 75.3. The molecule has 0 atom stereocenters. The van der Waals surface area contributed by atoms with Crippen molar-refractivity contribution in [1.29, 1.82) is 0 Å². The number of aryl methyl sites for hydroxylation is 1. The molecule has 0 fully saturated rings. The predicted molar refractivity (Wildman–Crippen MR) is 151 cm³/mol. The zero-order chi connectivity index (χ0) is 29.0. The van der Waals surface area contributed by atoms with Gasteiger partial charge in [-0.2, -0.15) is 16.8 Å². The fraction of sp³-hybridized carbons (Fsp3) is 0.286. The van der Waals surface area contributed by atoms with Crippen LogP contribution in [0.15, 0.2) is 60.2 Å². The number of hydrogen-bond acceptors (Lipinski definition) is 9. The molecule has 0 spiro atoms. The summed E-state index contributed by atoms with van der Waals surface area (Å²) in [6.45, 7) is 6.29. The third-order valence-electron chi connectivity index (χ3n) is 5.47. The minimum absolute atomic E-state index is 0.0524. The third-order valence-corrected chi connectivity index (χ3v) is 6.43. The minimum Gasteiger partial charge on any atom is -0.496 e. The molecule has 0 heterocycles. The number of hydrogen-bond donors (Lipinski definition) is 0. The van der Waals surface area contributed by atoms with Crippen LogP contribution >= 0.6 is 0 Å². The molecule has 0 unspecified atom stereocenters. The van der Waals surface area contributed by atoms with E-state index in [-0.39, 0.29) is 17.2 Å². The molecule has 0 aromatic heterocycles. The van der Waals surface area contributed by atoms with Crippen molar-refractivity contribution < 1.29 is 39.4 Å². The van der Waals surface area contributed by atoms with Crippen LogP contribution < -0.4 is 22.6 Å². The van der Waals surface area contributed by atoms with Gasteiger partial charge in [0.05, 0.1) is 32.3 Å². The number of rotatable bonds is 11. The molecule has 39 heavy (non-hydrogen) atoms. The summed E-state index contributed by atoms with van der Waals surface area (Å²) in [7, 11) is -4.82. The highest BCUT2D eigenvalue weighted by atomic mass is 32.2. The van der Waals surface area contributed by atoms with Crippen LogP contribution in [0.1, 0.15) is 19.4 Å². The van der Waals surface area contributed by atoms with Gasteiger partial charge in [0.25, 0.3) is 0 Å². The van der Waals surface area contributed by atoms with Gasteiger partial charge in [0.15, 0.2) is 11.5 Å². The quantitative estimate of drug-likeness (QED) is 0.220. The molecule has 210 valence electrons. The molecule has 0 N–H and O–H groups in total. The first-order valence-corrected chi connectivity index (χ1v) is 15.4. The van der Waals surface area contributed by atoms with E-state index in [1.807, 2.05) is 32.9 Å². The Kier molecular flexibility index (Phi) is 9.18. The first-order chi connectivity index (χ1) is 18.2. The molecular formula is C28H32O9S2. The zero-order valence-electron chi connectivity index (χ0n) is 22.9. The Morgan fingerprint density at radius 1 is 0.769 bits per heavy atom. The highest BCUT2D eigenvalue weighted by molar-refractivity contribution is 7.86. The van der Waals surface area contributed by atoms with Gasteiger partial charge < -0.3 is 22.6 Å². The van der Waals surface area contributed by atoms with Gasteiger partial charge in [-0.3, -0.25) is 0 Å². The van der Waals surface area contributed by atoms with Crippen LogP contribution in [0.5, 0.6) is 28.7 Å². The molecule has 0 aliphatic carbocycles. The zero-order valence-corrected chi connectivity index (χ0v) is 24.5. The van der Waals surface area contributed by atoms with Crippen LogP contribution in [0.3, 0.4) is 0 Å². The highest BCUT2D eigenvalue weighted by Gasteiger charge is 2.26. The third kappa shape index (κ3) is 7.90. The molecule has 0 bridgehead atoms. The van der Waals surface area contributed by atoms with Crippen LogP contribution in [0, 0.1) is 6.92 Å². The van der Waals surface area contributed by atoms with Crippen molar-refractivity contribution in [2.24, 2.45) is 0 Å². The van der Waals surface area contributed by atoms with Crippen LogP contribution in [-0.4, -0.2) is 50.2 Å². The van der Waals surface area contributed by atoms with Crippen molar-refractivity contribution in [3.05, 3.63) is 65.7 Å². The fourth-order valence-corrected chi connectivity index (χ4v) is 4.75. The molecule has 0 saturated heterocycles. The summed E-state index contributed by atoms with van der Waals surface area (Å²) in [4.78, 5) is 0. The van der Waals surface area contributed by atoms with Crippen molar-refractivity contribution in [3.63, 3.8) is 0 Å². The lowest BCUT2D eigenvalue weighted by Crippen LogP contribution is -2.09. The molecule has 3 aromatic carbocycles. The Labute approximate surface area is 230 Å². The van der Waals surface area contributed by atoms with Gasteiger partial charge in [-0.05, 0) is 73.9 Å². The lowest BCUT2D eigenvalue weighted by molar-refractivity contribution is 0.359. The first kappa shape index (κ1) is 29.9. The largest absolute Gasteiger partial charge is 0.496 e. The monoisotopic (exact) mass is 576 g/mol. The maximum Gasteiger partial charge on any atom is 0.306 e. The summed E-state index contributed by atoms with van der Waals surface area (Å²) in [5.41, 5.74) is 4.00. The minimum atomic E-state index is -3.98. The normalized spacial score (nSPS) is 11.5. The maximum atomic E-state index is 12.4. The van der Waals surface area contributed by atoms with Gasteiger partial charge in [-0.15, -0.1) is 0 Å². The van der Waals surface area contributed by atoms with Gasteiger partial charge in [0.2, 0.25) is 0 Å². The van der Waals surface area contributed by atoms with E-state index in [1.165, 1.54) is 26.4 Å². The second-order valence-electron chi connectivity index (χ2n) is 9.04. The molecule has 0 radical (unpaired) electrons. The van der Waals surface area contributed by atoms with Crippen molar-refractivity contribution in [2.45, 2.75) is 20.8 Å². The Balaban J connectivity index is 2.21. The molecule has 0 amide bonds. The molecule has 9 nitrogen and oxygen atoms in total. The first-order valence-electron chi connectivity index (χ1n) is 11.8. The fourth-order valence-electron chi connectivity index (χ4n) is 3.83. The average Bonchev–Trinajstić information content (AvgIpc) is 2.82. The molecule has 0 aliphatic heterocycles. The molecule has 0 aliphatic rings. The van der Waals surface area contributed by atoms with E-state index < -0.39 is 20.2 Å². The summed E-state index contributed by atoms with van der Waals surface area (Å²) in [6.07, 6.45) is 3.86. The molecule has 3 rings (SSSR count). The van der Waals surface area contributed by atoms with Crippen molar-refractivity contribution in [1.82, 2.24) is 0 Å². The Morgan fingerprint density at radius 3 is 1.90 bits per heavy atom. The van der Waals surface area contributed by atoms with Gasteiger partial charge in [-0.25, -0.2) is 0 Å². The number of ether oxygens (including phenoxy) is 3. The second kappa shape index (κ2) is 12.0. The Morgan fingerprint density at radius 2 is 1.38 bits per heavy atom. The maximum absolute atomic E-state index is 12.4.